The van der Waals surface area contributed by atoms with Gasteiger partial charge in [-0.1, -0.05) is 77.1 Å². The Kier molecular flexibility index (Phi) is 5.13. The molecule has 0 radical (unpaired) electrons. The zero-order valence-corrected chi connectivity index (χ0v) is 19.0. The highest BCUT2D eigenvalue weighted by molar-refractivity contribution is 5.67. The molecule has 2 nitrogen and oxygen atoms in total. The van der Waals surface area contributed by atoms with Crippen LogP contribution in [-0.2, 0) is 17.3 Å². The fraction of sp³-hybridized carbons (Fsp3) is 0.357. The zero-order valence-electron chi connectivity index (χ0n) is 19.0. The van der Waals surface area contributed by atoms with Crippen LogP contribution in [0.1, 0.15) is 58.2 Å². The molecule has 0 saturated heterocycles. The van der Waals surface area contributed by atoms with E-state index in [9.17, 15) is 0 Å². The predicted octanol–water partition coefficient (Wildman–Crippen LogP) is 7.29. The number of fused-ring (bicyclic) bond motifs is 1. The van der Waals surface area contributed by atoms with Crippen molar-refractivity contribution in [3.63, 3.8) is 0 Å². The van der Waals surface area contributed by atoms with E-state index >= 15 is 0 Å². The summed E-state index contributed by atoms with van der Waals surface area (Å²) in [4.78, 5) is 0. The number of rotatable bonds is 5. The summed E-state index contributed by atoms with van der Waals surface area (Å²) in [7, 11) is 0. The summed E-state index contributed by atoms with van der Waals surface area (Å²) in [5, 5.41) is 0. The quantitative estimate of drug-likeness (QED) is 0.419. The van der Waals surface area contributed by atoms with Crippen molar-refractivity contribution in [1.29, 1.82) is 0 Å². The summed E-state index contributed by atoms with van der Waals surface area (Å²) >= 11 is 0. The molecule has 0 aliphatic heterocycles. The van der Waals surface area contributed by atoms with Gasteiger partial charge in [0.15, 0.2) is 0 Å². The Morgan fingerprint density at radius 3 is 1.83 bits per heavy atom. The number of ether oxygens (including phenoxy) is 2. The first kappa shape index (κ1) is 20.5. The average Bonchev–Trinajstić information content (AvgIpc) is 2.68. The third kappa shape index (κ3) is 4.23. The summed E-state index contributed by atoms with van der Waals surface area (Å²) in [6.45, 7) is 13.2. The lowest BCUT2D eigenvalue weighted by atomic mass is 9.66. The molecule has 3 aromatic carbocycles. The Hall–Kier alpha value is -2.74. The molecule has 0 bridgehead atoms. The molecule has 3 aromatic rings. The second-order valence-electron chi connectivity index (χ2n) is 10.0. The average molecular weight is 401 g/mol. The van der Waals surface area contributed by atoms with E-state index in [1.165, 1.54) is 34.2 Å². The van der Waals surface area contributed by atoms with E-state index in [1.807, 2.05) is 31.2 Å². The molecule has 1 unspecified atom stereocenters. The van der Waals surface area contributed by atoms with Crippen LogP contribution in [0.2, 0.25) is 0 Å². The molecular formula is C28H32O2. The highest BCUT2D eigenvalue weighted by atomic mass is 16.7. The number of hydrogen-bond acceptors (Lipinski definition) is 2. The van der Waals surface area contributed by atoms with E-state index in [2.05, 4.69) is 77.1 Å². The van der Waals surface area contributed by atoms with Crippen molar-refractivity contribution in [1.82, 2.24) is 0 Å². The van der Waals surface area contributed by atoms with Gasteiger partial charge in [0.05, 0.1) is 0 Å². The normalized spacial score (nSPS) is 15.7. The fourth-order valence-corrected chi connectivity index (χ4v) is 4.17. The van der Waals surface area contributed by atoms with Crippen molar-refractivity contribution in [2.24, 2.45) is 0 Å². The smallest absolute Gasteiger partial charge is 0.238 e. The van der Waals surface area contributed by atoms with Crippen molar-refractivity contribution >= 4 is 0 Å². The molecule has 0 spiro atoms. The molecule has 2 heteroatoms. The maximum absolute atomic E-state index is 5.97. The minimum Gasteiger partial charge on any atom is -0.455 e. The molecule has 0 saturated carbocycles. The van der Waals surface area contributed by atoms with Gasteiger partial charge in [0.2, 0.25) is 6.29 Å². The van der Waals surface area contributed by atoms with E-state index in [4.69, 9.17) is 9.47 Å². The Morgan fingerprint density at radius 2 is 1.30 bits per heavy atom. The molecule has 0 N–H and O–H groups in total. The first-order chi connectivity index (χ1) is 14.1. The van der Waals surface area contributed by atoms with Gasteiger partial charge in [0, 0.05) is 6.92 Å². The molecule has 1 aliphatic carbocycles. The van der Waals surface area contributed by atoms with Crippen molar-refractivity contribution < 1.29 is 9.47 Å². The van der Waals surface area contributed by atoms with E-state index in [-0.39, 0.29) is 11.7 Å². The molecular weight excluding hydrogens is 368 g/mol. The summed E-state index contributed by atoms with van der Waals surface area (Å²) in [6, 6.07) is 23.3. The van der Waals surface area contributed by atoms with Gasteiger partial charge in [-0.15, -0.1) is 0 Å². The highest BCUT2D eigenvalue weighted by Crippen LogP contribution is 2.42. The van der Waals surface area contributed by atoms with Crippen LogP contribution in [0.15, 0.2) is 66.7 Å². The van der Waals surface area contributed by atoms with E-state index < -0.39 is 0 Å². The summed E-state index contributed by atoms with van der Waals surface area (Å²) in [5.74, 6) is 1.62. The highest BCUT2D eigenvalue weighted by Gasteiger charge is 2.33. The molecule has 0 heterocycles. The lowest BCUT2D eigenvalue weighted by Gasteiger charge is -2.38. The standard InChI is InChI=1S/C28H32O2/c1-19(30-25-15-11-23(12-16-25)27(2,3)4)29-24-13-9-20(10-14-24)21-7-8-22-18-28(5,6)26(22)17-21/h7-17,19H,18H2,1-6H3. The first-order valence-electron chi connectivity index (χ1n) is 10.8. The predicted molar refractivity (Wildman–Crippen MR) is 124 cm³/mol. The molecule has 0 amide bonds. The maximum Gasteiger partial charge on any atom is 0.238 e. The van der Waals surface area contributed by atoms with E-state index in [0.29, 0.717) is 5.41 Å². The van der Waals surface area contributed by atoms with Crippen molar-refractivity contribution in [3.8, 4) is 22.6 Å². The second kappa shape index (κ2) is 7.50. The van der Waals surface area contributed by atoms with Crippen LogP contribution in [0.25, 0.3) is 11.1 Å². The van der Waals surface area contributed by atoms with Gasteiger partial charge in [-0.3, -0.25) is 0 Å². The topological polar surface area (TPSA) is 18.5 Å². The Labute approximate surface area is 180 Å². The molecule has 0 fully saturated rings. The Morgan fingerprint density at radius 1 is 0.767 bits per heavy atom. The van der Waals surface area contributed by atoms with Gasteiger partial charge in [-0.2, -0.15) is 0 Å². The molecule has 30 heavy (non-hydrogen) atoms. The third-order valence-corrected chi connectivity index (χ3v) is 5.98. The number of benzene rings is 3. The molecule has 1 atom stereocenters. The first-order valence-corrected chi connectivity index (χ1v) is 10.8. The molecule has 0 aromatic heterocycles. The van der Waals surface area contributed by atoms with Gasteiger partial charge in [0.25, 0.3) is 0 Å². The van der Waals surface area contributed by atoms with Crippen molar-refractivity contribution in [2.75, 3.05) is 0 Å². The Bertz CT molecular complexity index is 1020. The monoisotopic (exact) mass is 400 g/mol. The minimum absolute atomic E-state index is 0.137. The third-order valence-electron chi connectivity index (χ3n) is 5.98. The molecule has 156 valence electrons. The van der Waals surface area contributed by atoms with Crippen LogP contribution in [0.3, 0.4) is 0 Å². The van der Waals surface area contributed by atoms with Gasteiger partial charge in [-0.25, -0.2) is 0 Å². The lowest BCUT2D eigenvalue weighted by Crippen LogP contribution is -2.32. The SMILES string of the molecule is CC(Oc1ccc(-c2ccc3c(c2)C(C)(C)C3)cc1)Oc1ccc(C(C)(C)C)cc1. The summed E-state index contributed by atoms with van der Waals surface area (Å²) < 4.78 is 11.9. The second-order valence-corrected chi connectivity index (χ2v) is 10.0. The van der Waals surface area contributed by atoms with Crippen molar-refractivity contribution in [2.45, 2.75) is 65.1 Å². The van der Waals surface area contributed by atoms with Crippen LogP contribution >= 0.6 is 0 Å². The van der Waals surface area contributed by atoms with Crippen LogP contribution in [0.4, 0.5) is 0 Å². The van der Waals surface area contributed by atoms with Crippen LogP contribution < -0.4 is 9.47 Å². The number of hydrogen-bond donors (Lipinski definition) is 0. The van der Waals surface area contributed by atoms with Gasteiger partial charge >= 0.3 is 0 Å². The van der Waals surface area contributed by atoms with Crippen molar-refractivity contribution in [3.05, 3.63) is 83.4 Å². The Balaban J connectivity index is 1.39. The van der Waals surface area contributed by atoms with E-state index in [1.54, 1.807) is 0 Å². The largest absolute Gasteiger partial charge is 0.455 e. The van der Waals surface area contributed by atoms with Gasteiger partial charge in [0.1, 0.15) is 11.5 Å². The molecule has 4 rings (SSSR count). The summed E-state index contributed by atoms with van der Waals surface area (Å²) in [5.41, 5.74) is 7.14. The van der Waals surface area contributed by atoms with Crippen LogP contribution in [0, 0.1) is 0 Å². The summed E-state index contributed by atoms with van der Waals surface area (Å²) in [6.07, 6.45) is 0.806. The fourth-order valence-electron chi connectivity index (χ4n) is 4.17. The van der Waals surface area contributed by atoms with Gasteiger partial charge in [-0.05, 0) is 69.3 Å². The van der Waals surface area contributed by atoms with E-state index in [0.717, 1.165) is 11.5 Å². The lowest BCUT2D eigenvalue weighted by molar-refractivity contribution is 0.0223. The zero-order chi connectivity index (χ0) is 21.5. The minimum atomic E-state index is -0.367. The van der Waals surface area contributed by atoms with Crippen LogP contribution in [0.5, 0.6) is 11.5 Å². The van der Waals surface area contributed by atoms with Crippen LogP contribution in [-0.4, -0.2) is 6.29 Å². The molecule has 1 aliphatic rings. The van der Waals surface area contributed by atoms with Gasteiger partial charge < -0.3 is 9.47 Å². The maximum atomic E-state index is 5.97.